The fraction of sp³-hybridized carbons (Fsp3) is 0.357. The highest BCUT2D eigenvalue weighted by atomic mass is 35.5. The Morgan fingerprint density at radius 2 is 2.14 bits per heavy atom. The molecule has 1 heterocycles. The van der Waals surface area contributed by atoms with E-state index in [4.69, 9.17) is 33.7 Å². The van der Waals surface area contributed by atoms with Gasteiger partial charge >= 0.3 is 0 Å². The Bertz CT molecular complexity index is 618. The molecule has 0 amide bonds. The minimum atomic E-state index is -0.389. The van der Waals surface area contributed by atoms with E-state index >= 15 is 0 Å². The lowest BCUT2D eigenvalue weighted by Crippen LogP contribution is -2.20. The quantitative estimate of drug-likeness (QED) is 0.884. The van der Waals surface area contributed by atoms with Crippen LogP contribution >= 0.6 is 23.2 Å². The summed E-state index contributed by atoms with van der Waals surface area (Å²) in [6, 6.07) is 3.87. The van der Waals surface area contributed by atoms with Crippen LogP contribution in [-0.2, 0) is 17.7 Å². The number of hydrogen-bond acceptors (Lipinski definition) is 3. The van der Waals surface area contributed by atoms with Gasteiger partial charge in [0.1, 0.15) is 5.82 Å². The van der Waals surface area contributed by atoms with Crippen molar-refractivity contribution in [2.24, 2.45) is 5.73 Å². The second-order valence-corrected chi connectivity index (χ2v) is 5.45. The molecule has 7 heteroatoms. The molecule has 0 aliphatic rings. The second-order valence-electron chi connectivity index (χ2n) is 4.64. The van der Waals surface area contributed by atoms with E-state index in [2.05, 4.69) is 5.10 Å². The van der Waals surface area contributed by atoms with Crippen LogP contribution in [0.5, 0.6) is 0 Å². The van der Waals surface area contributed by atoms with Crippen LogP contribution in [0, 0.1) is 5.82 Å². The van der Waals surface area contributed by atoms with Gasteiger partial charge in [-0.25, -0.2) is 4.39 Å². The molecule has 21 heavy (non-hydrogen) atoms. The number of hydrogen-bond donors (Lipinski definition) is 1. The number of ether oxygens (including phenoxy) is 1. The average molecular weight is 332 g/mol. The van der Waals surface area contributed by atoms with Crippen molar-refractivity contribution in [1.82, 2.24) is 9.78 Å². The highest BCUT2D eigenvalue weighted by molar-refractivity contribution is 6.31. The first-order valence-corrected chi connectivity index (χ1v) is 7.18. The number of benzene rings is 1. The zero-order chi connectivity index (χ0) is 15.4. The summed E-state index contributed by atoms with van der Waals surface area (Å²) in [4.78, 5) is 0. The monoisotopic (exact) mass is 331 g/mol. The van der Waals surface area contributed by atoms with E-state index < -0.39 is 0 Å². The minimum absolute atomic E-state index is 0.351. The van der Waals surface area contributed by atoms with Gasteiger partial charge in [-0.1, -0.05) is 29.3 Å². The number of halogens is 3. The molecule has 0 radical (unpaired) electrons. The number of methoxy groups -OCH3 is 1. The molecule has 0 saturated carbocycles. The highest BCUT2D eigenvalue weighted by Crippen LogP contribution is 2.27. The molecule has 1 aromatic heterocycles. The molecule has 1 aromatic carbocycles. The Morgan fingerprint density at radius 3 is 2.81 bits per heavy atom. The van der Waals surface area contributed by atoms with Crippen molar-refractivity contribution >= 4 is 23.2 Å². The lowest BCUT2D eigenvalue weighted by atomic mass is 10.0. The van der Waals surface area contributed by atoms with E-state index in [-0.39, 0.29) is 11.9 Å². The van der Waals surface area contributed by atoms with Crippen molar-refractivity contribution in [3.8, 4) is 0 Å². The fourth-order valence-corrected chi connectivity index (χ4v) is 2.64. The molecule has 1 atom stereocenters. The van der Waals surface area contributed by atoms with Gasteiger partial charge in [-0.05, 0) is 24.1 Å². The Morgan fingerprint density at radius 1 is 1.38 bits per heavy atom. The molecule has 0 spiro atoms. The summed E-state index contributed by atoms with van der Waals surface area (Å²) < 4.78 is 19.8. The molecule has 114 valence electrons. The second kappa shape index (κ2) is 7.22. The fourth-order valence-electron chi connectivity index (χ4n) is 2.12. The predicted molar refractivity (Wildman–Crippen MR) is 81.2 cm³/mol. The molecule has 0 aliphatic heterocycles. The van der Waals surface area contributed by atoms with Gasteiger partial charge < -0.3 is 10.5 Å². The van der Waals surface area contributed by atoms with Crippen LogP contribution in [0.25, 0.3) is 0 Å². The van der Waals surface area contributed by atoms with Gasteiger partial charge in [0.2, 0.25) is 0 Å². The highest BCUT2D eigenvalue weighted by Gasteiger charge is 2.18. The maximum absolute atomic E-state index is 13.1. The maximum Gasteiger partial charge on any atom is 0.124 e. The number of nitrogens with two attached hydrogens (primary N) is 1. The van der Waals surface area contributed by atoms with Crippen molar-refractivity contribution in [3.63, 3.8) is 0 Å². The van der Waals surface area contributed by atoms with E-state index in [0.717, 1.165) is 5.56 Å². The Balaban J connectivity index is 2.19. The van der Waals surface area contributed by atoms with E-state index in [1.165, 1.54) is 12.1 Å². The van der Waals surface area contributed by atoms with Gasteiger partial charge in [0, 0.05) is 12.1 Å². The predicted octanol–water partition coefficient (Wildman–Crippen LogP) is 3.22. The Hall–Kier alpha value is -1.14. The zero-order valence-electron chi connectivity index (χ0n) is 11.5. The minimum Gasteiger partial charge on any atom is -0.383 e. The molecule has 0 aliphatic carbocycles. The third-order valence-corrected chi connectivity index (χ3v) is 3.79. The first kappa shape index (κ1) is 16.2. The van der Waals surface area contributed by atoms with Crippen molar-refractivity contribution in [1.29, 1.82) is 0 Å². The van der Waals surface area contributed by atoms with Crippen LogP contribution < -0.4 is 5.73 Å². The molecule has 2 N–H and O–H groups in total. The summed E-state index contributed by atoms with van der Waals surface area (Å²) in [5, 5.41) is 5.03. The van der Waals surface area contributed by atoms with Crippen molar-refractivity contribution in [3.05, 3.63) is 51.5 Å². The molecular formula is C14H16Cl2FN3O. The standard InChI is InChI=1S/C14H16Cl2FN3O/c1-21-5-4-20-14(12(16)8-19-20)13(18)6-9-2-3-10(17)7-11(9)15/h2-3,7-8,13H,4-6,18H2,1H3. The van der Waals surface area contributed by atoms with Crippen LogP contribution in [0.3, 0.4) is 0 Å². The lowest BCUT2D eigenvalue weighted by molar-refractivity contribution is 0.182. The van der Waals surface area contributed by atoms with Crippen LogP contribution in [0.1, 0.15) is 17.3 Å². The van der Waals surface area contributed by atoms with Crippen LogP contribution in [0.2, 0.25) is 10.0 Å². The number of rotatable bonds is 6. The summed E-state index contributed by atoms with van der Waals surface area (Å²) in [6.07, 6.45) is 2.00. The Kier molecular flexibility index (Phi) is 5.58. The molecule has 1 unspecified atom stereocenters. The van der Waals surface area contributed by atoms with E-state index in [1.54, 1.807) is 24.1 Å². The van der Waals surface area contributed by atoms with Crippen LogP contribution in [0.4, 0.5) is 4.39 Å². The van der Waals surface area contributed by atoms with Gasteiger partial charge in [-0.15, -0.1) is 0 Å². The third kappa shape index (κ3) is 3.95. The summed E-state index contributed by atoms with van der Waals surface area (Å²) in [6.45, 7) is 1.07. The SMILES string of the molecule is COCCn1ncc(Cl)c1C(N)Cc1ccc(F)cc1Cl. The normalized spacial score (nSPS) is 12.6. The van der Waals surface area contributed by atoms with E-state index in [1.807, 2.05) is 0 Å². The summed E-state index contributed by atoms with van der Waals surface area (Å²) >= 11 is 12.2. The smallest absolute Gasteiger partial charge is 0.124 e. The average Bonchev–Trinajstić information content (AvgIpc) is 2.80. The van der Waals surface area contributed by atoms with Gasteiger partial charge in [-0.3, -0.25) is 4.68 Å². The molecule has 2 aromatic rings. The van der Waals surface area contributed by atoms with Crippen LogP contribution in [-0.4, -0.2) is 23.5 Å². The number of nitrogens with zero attached hydrogens (tertiary/aromatic N) is 2. The first-order chi connectivity index (χ1) is 10.0. The van der Waals surface area contributed by atoms with Crippen LogP contribution in [0.15, 0.2) is 24.4 Å². The number of aromatic nitrogens is 2. The summed E-state index contributed by atoms with van der Waals surface area (Å²) in [5.41, 5.74) is 7.69. The molecule has 2 rings (SSSR count). The van der Waals surface area contributed by atoms with Gasteiger partial charge in [0.25, 0.3) is 0 Å². The lowest BCUT2D eigenvalue weighted by Gasteiger charge is -2.16. The Labute approximate surface area is 132 Å². The maximum atomic E-state index is 13.1. The van der Waals surface area contributed by atoms with Crippen molar-refractivity contribution in [2.75, 3.05) is 13.7 Å². The molecule has 0 saturated heterocycles. The summed E-state index contributed by atoms with van der Waals surface area (Å²) in [5.74, 6) is -0.375. The van der Waals surface area contributed by atoms with E-state index in [9.17, 15) is 4.39 Å². The van der Waals surface area contributed by atoms with Gasteiger partial charge in [-0.2, -0.15) is 5.10 Å². The molecule has 0 fully saturated rings. The van der Waals surface area contributed by atoms with Gasteiger partial charge in [0.15, 0.2) is 0 Å². The zero-order valence-corrected chi connectivity index (χ0v) is 13.0. The molecule has 4 nitrogen and oxygen atoms in total. The topological polar surface area (TPSA) is 53.1 Å². The van der Waals surface area contributed by atoms with Gasteiger partial charge in [0.05, 0.1) is 36.1 Å². The van der Waals surface area contributed by atoms with Crippen molar-refractivity contribution in [2.45, 2.75) is 19.0 Å². The summed E-state index contributed by atoms with van der Waals surface area (Å²) in [7, 11) is 1.61. The molecular weight excluding hydrogens is 316 g/mol. The largest absolute Gasteiger partial charge is 0.383 e. The first-order valence-electron chi connectivity index (χ1n) is 6.42. The van der Waals surface area contributed by atoms with Crippen molar-refractivity contribution < 1.29 is 9.13 Å². The van der Waals surface area contributed by atoms with E-state index in [0.29, 0.717) is 35.3 Å². The molecule has 0 bridgehead atoms. The third-order valence-electron chi connectivity index (χ3n) is 3.15.